The first-order valence-electron chi connectivity index (χ1n) is 8.02. The SMILES string of the molecule is O=c1ccc(-c2ncsc2-c2ccc(F)cc2F)cn1-c1c(F)cccc1F. The predicted octanol–water partition coefficient (Wildman–Crippen LogP) is 5.18. The van der Waals surface area contributed by atoms with E-state index in [2.05, 4.69) is 4.98 Å². The van der Waals surface area contributed by atoms with Gasteiger partial charge in [0.25, 0.3) is 5.56 Å². The summed E-state index contributed by atoms with van der Waals surface area (Å²) < 4.78 is 56.5. The number of para-hydroxylation sites is 1. The third-order valence-electron chi connectivity index (χ3n) is 4.11. The topological polar surface area (TPSA) is 34.9 Å². The van der Waals surface area contributed by atoms with Gasteiger partial charge < -0.3 is 0 Å². The number of pyridine rings is 1. The summed E-state index contributed by atoms with van der Waals surface area (Å²) in [6.45, 7) is 0. The van der Waals surface area contributed by atoms with Crippen LogP contribution in [0.3, 0.4) is 0 Å². The second kappa shape index (κ2) is 7.05. The van der Waals surface area contributed by atoms with Crippen LogP contribution in [0.2, 0.25) is 0 Å². The molecule has 3 nitrogen and oxygen atoms in total. The number of hydrogen-bond donors (Lipinski definition) is 0. The molecule has 0 radical (unpaired) electrons. The fourth-order valence-electron chi connectivity index (χ4n) is 2.84. The molecule has 0 N–H and O–H groups in total. The van der Waals surface area contributed by atoms with E-state index in [0.29, 0.717) is 16.1 Å². The summed E-state index contributed by atoms with van der Waals surface area (Å²) in [6, 6.07) is 9.02. The average Bonchev–Trinajstić information content (AvgIpc) is 3.12. The van der Waals surface area contributed by atoms with E-state index < -0.39 is 34.5 Å². The molecule has 0 aliphatic heterocycles. The minimum absolute atomic E-state index is 0.133. The summed E-state index contributed by atoms with van der Waals surface area (Å²) in [6.07, 6.45) is 1.24. The monoisotopic (exact) mass is 402 g/mol. The molecule has 0 aliphatic carbocycles. The summed E-state index contributed by atoms with van der Waals surface area (Å²) in [5, 5.41) is 0. The Kier molecular flexibility index (Phi) is 4.56. The second-order valence-corrected chi connectivity index (χ2v) is 6.71. The summed E-state index contributed by atoms with van der Waals surface area (Å²) in [5.74, 6) is -3.28. The first kappa shape index (κ1) is 18.1. The van der Waals surface area contributed by atoms with Crippen molar-refractivity contribution < 1.29 is 17.6 Å². The number of aromatic nitrogens is 2. The van der Waals surface area contributed by atoms with E-state index in [0.717, 1.165) is 46.2 Å². The van der Waals surface area contributed by atoms with E-state index in [1.807, 2.05) is 0 Å². The van der Waals surface area contributed by atoms with Crippen molar-refractivity contribution in [1.29, 1.82) is 0 Å². The molecule has 8 heteroatoms. The van der Waals surface area contributed by atoms with Crippen LogP contribution in [0.25, 0.3) is 27.4 Å². The molecule has 0 saturated carbocycles. The molecule has 0 saturated heterocycles. The Morgan fingerprint density at radius 1 is 0.893 bits per heavy atom. The van der Waals surface area contributed by atoms with Crippen LogP contribution >= 0.6 is 11.3 Å². The molecule has 0 amide bonds. The standard InChI is InChI=1S/C20H10F4N2OS/c21-12-5-6-13(16(24)8-12)20-18(25-10-28-20)11-4-7-17(27)26(9-11)19-14(22)2-1-3-15(19)23/h1-10H. The zero-order chi connectivity index (χ0) is 19.8. The largest absolute Gasteiger partial charge is 0.278 e. The molecule has 0 aliphatic rings. The Hall–Kier alpha value is -3.26. The van der Waals surface area contributed by atoms with Gasteiger partial charge in [0.15, 0.2) is 0 Å². The van der Waals surface area contributed by atoms with Crippen LogP contribution < -0.4 is 5.56 Å². The van der Waals surface area contributed by atoms with Gasteiger partial charge >= 0.3 is 0 Å². The number of rotatable bonds is 3. The van der Waals surface area contributed by atoms with Crippen LogP contribution in [0.5, 0.6) is 0 Å². The summed E-state index contributed by atoms with van der Waals surface area (Å²) in [5.41, 5.74) is 1.10. The van der Waals surface area contributed by atoms with Gasteiger partial charge in [-0.3, -0.25) is 9.36 Å². The Bertz CT molecular complexity index is 1230. The van der Waals surface area contributed by atoms with Crippen LogP contribution in [0, 0.1) is 23.3 Å². The Labute approximate surface area is 160 Å². The zero-order valence-corrected chi connectivity index (χ0v) is 14.8. The van der Waals surface area contributed by atoms with Gasteiger partial charge in [-0.25, -0.2) is 22.5 Å². The predicted molar refractivity (Wildman–Crippen MR) is 98.4 cm³/mol. The molecular weight excluding hydrogens is 392 g/mol. The Morgan fingerprint density at radius 3 is 2.36 bits per heavy atom. The fourth-order valence-corrected chi connectivity index (χ4v) is 3.68. The van der Waals surface area contributed by atoms with Crippen LogP contribution in [-0.2, 0) is 0 Å². The van der Waals surface area contributed by atoms with Crippen LogP contribution in [0.1, 0.15) is 0 Å². The quantitative estimate of drug-likeness (QED) is 0.443. The highest BCUT2D eigenvalue weighted by Crippen LogP contribution is 2.36. The Morgan fingerprint density at radius 2 is 1.64 bits per heavy atom. The molecule has 0 atom stereocenters. The van der Waals surface area contributed by atoms with Gasteiger partial charge in [-0.2, -0.15) is 0 Å². The highest BCUT2D eigenvalue weighted by Gasteiger charge is 2.18. The lowest BCUT2D eigenvalue weighted by Gasteiger charge is -2.10. The van der Waals surface area contributed by atoms with Crippen molar-refractivity contribution in [2.24, 2.45) is 0 Å². The van der Waals surface area contributed by atoms with Gasteiger partial charge in [-0.1, -0.05) is 6.07 Å². The van der Waals surface area contributed by atoms with E-state index >= 15 is 0 Å². The third-order valence-corrected chi connectivity index (χ3v) is 4.97. The summed E-state index contributed by atoms with van der Waals surface area (Å²) in [7, 11) is 0. The van der Waals surface area contributed by atoms with Gasteiger partial charge in [0.05, 0.1) is 16.1 Å². The summed E-state index contributed by atoms with van der Waals surface area (Å²) >= 11 is 1.12. The van der Waals surface area contributed by atoms with E-state index in [-0.39, 0.29) is 5.56 Å². The zero-order valence-electron chi connectivity index (χ0n) is 14.0. The van der Waals surface area contributed by atoms with Gasteiger partial charge in [0.2, 0.25) is 0 Å². The number of benzene rings is 2. The number of hydrogen-bond acceptors (Lipinski definition) is 3. The molecule has 0 fully saturated rings. The van der Waals surface area contributed by atoms with Crippen LogP contribution in [0.4, 0.5) is 17.6 Å². The first-order chi connectivity index (χ1) is 13.5. The molecule has 4 rings (SSSR count). The maximum absolute atomic E-state index is 14.2. The molecular formula is C20H10F4N2OS. The van der Waals surface area contributed by atoms with E-state index in [1.54, 1.807) is 0 Å². The summed E-state index contributed by atoms with van der Waals surface area (Å²) in [4.78, 5) is 16.8. The van der Waals surface area contributed by atoms with Crippen molar-refractivity contribution in [3.8, 4) is 27.4 Å². The molecule has 0 bridgehead atoms. The molecule has 4 aromatic rings. The van der Waals surface area contributed by atoms with Gasteiger partial charge in [0, 0.05) is 29.5 Å². The fraction of sp³-hybridized carbons (Fsp3) is 0. The molecule has 2 aromatic carbocycles. The van der Waals surface area contributed by atoms with Gasteiger partial charge in [-0.05, 0) is 30.3 Å². The highest BCUT2D eigenvalue weighted by atomic mass is 32.1. The highest BCUT2D eigenvalue weighted by molar-refractivity contribution is 7.13. The lowest BCUT2D eigenvalue weighted by atomic mass is 10.1. The van der Waals surface area contributed by atoms with Crippen molar-refractivity contribution in [3.05, 3.63) is 93.9 Å². The average molecular weight is 402 g/mol. The maximum atomic E-state index is 14.2. The minimum Gasteiger partial charge on any atom is -0.278 e. The van der Waals surface area contributed by atoms with Crippen molar-refractivity contribution in [2.75, 3.05) is 0 Å². The number of nitrogens with zero attached hydrogens (tertiary/aromatic N) is 2. The first-order valence-corrected chi connectivity index (χ1v) is 8.90. The van der Waals surface area contributed by atoms with E-state index in [1.165, 1.54) is 29.9 Å². The molecule has 28 heavy (non-hydrogen) atoms. The molecule has 0 spiro atoms. The second-order valence-electron chi connectivity index (χ2n) is 5.85. The maximum Gasteiger partial charge on any atom is 0.255 e. The van der Waals surface area contributed by atoms with Crippen LogP contribution in [0.15, 0.2) is 65.0 Å². The smallest absolute Gasteiger partial charge is 0.255 e. The lowest BCUT2D eigenvalue weighted by molar-refractivity contribution is 0.567. The van der Waals surface area contributed by atoms with E-state index in [9.17, 15) is 22.4 Å². The number of thiazole rings is 1. The number of halogens is 4. The molecule has 2 heterocycles. The lowest BCUT2D eigenvalue weighted by Crippen LogP contribution is -2.19. The van der Waals surface area contributed by atoms with Crippen molar-refractivity contribution in [3.63, 3.8) is 0 Å². The minimum atomic E-state index is -0.901. The molecule has 2 aromatic heterocycles. The van der Waals surface area contributed by atoms with Crippen molar-refractivity contribution in [2.45, 2.75) is 0 Å². The van der Waals surface area contributed by atoms with Gasteiger partial charge in [0.1, 0.15) is 29.0 Å². The van der Waals surface area contributed by atoms with E-state index in [4.69, 9.17) is 0 Å². The normalized spacial score (nSPS) is 11.0. The Balaban J connectivity index is 1.89. The van der Waals surface area contributed by atoms with Gasteiger partial charge in [-0.15, -0.1) is 11.3 Å². The molecule has 140 valence electrons. The van der Waals surface area contributed by atoms with Crippen molar-refractivity contribution >= 4 is 11.3 Å². The third kappa shape index (κ3) is 3.11. The molecule has 0 unspecified atom stereocenters. The van der Waals surface area contributed by atoms with Crippen LogP contribution in [-0.4, -0.2) is 9.55 Å². The van der Waals surface area contributed by atoms with Crippen molar-refractivity contribution in [1.82, 2.24) is 9.55 Å².